The highest BCUT2D eigenvalue weighted by molar-refractivity contribution is 6.33. The van der Waals surface area contributed by atoms with Crippen LogP contribution in [-0.2, 0) is 6.54 Å². The molecule has 0 aromatic heterocycles. The molecule has 5 heteroatoms. The Morgan fingerprint density at radius 1 is 1.30 bits per heavy atom. The molecule has 0 bridgehead atoms. The molecular formula is C15H13ClFNO2. The molecule has 0 aliphatic heterocycles. The number of hydrogen-bond donors (Lipinski definition) is 1. The summed E-state index contributed by atoms with van der Waals surface area (Å²) in [5.74, 6) is -1.34. The Morgan fingerprint density at radius 2 is 2.00 bits per heavy atom. The summed E-state index contributed by atoms with van der Waals surface area (Å²) >= 11 is 5.92. The number of halogens is 2. The van der Waals surface area contributed by atoms with E-state index >= 15 is 0 Å². The third-order valence-electron chi connectivity index (χ3n) is 2.99. The van der Waals surface area contributed by atoms with Gasteiger partial charge in [0.2, 0.25) is 0 Å². The molecule has 0 aliphatic carbocycles. The van der Waals surface area contributed by atoms with E-state index < -0.39 is 5.97 Å². The molecule has 2 aromatic rings. The molecular weight excluding hydrogens is 281 g/mol. The zero-order chi connectivity index (χ0) is 14.7. The Morgan fingerprint density at radius 3 is 2.60 bits per heavy atom. The van der Waals surface area contributed by atoms with Crippen LogP contribution in [0.4, 0.5) is 10.1 Å². The Labute approximate surface area is 121 Å². The molecule has 0 aliphatic rings. The number of carbonyl (C=O) groups is 1. The van der Waals surface area contributed by atoms with E-state index in [4.69, 9.17) is 16.7 Å². The van der Waals surface area contributed by atoms with E-state index in [2.05, 4.69) is 0 Å². The van der Waals surface area contributed by atoms with Gasteiger partial charge < -0.3 is 10.0 Å². The number of anilines is 1. The van der Waals surface area contributed by atoms with Gasteiger partial charge in [-0.2, -0.15) is 0 Å². The first-order valence-electron chi connectivity index (χ1n) is 5.96. The highest BCUT2D eigenvalue weighted by Gasteiger charge is 2.11. The molecule has 20 heavy (non-hydrogen) atoms. The summed E-state index contributed by atoms with van der Waals surface area (Å²) in [7, 11) is 1.79. The van der Waals surface area contributed by atoms with Crippen molar-refractivity contribution in [3.8, 4) is 0 Å². The number of benzene rings is 2. The van der Waals surface area contributed by atoms with Gasteiger partial charge in [0.15, 0.2) is 0 Å². The summed E-state index contributed by atoms with van der Waals surface area (Å²) in [5, 5.41) is 9.08. The predicted molar refractivity (Wildman–Crippen MR) is 76.9 cm³/mol. The lowest BCUT2D eigenvalue weighted by molar-refractivity contribution is 0.0697. The Kier molecular flexibility index (Phi) is 4.25. The van der Waals surface area contributed by atoms with E-state index in [1.54, 1.807) is 42.3 Å². The molecule has 0 saturated carbocycles. The van der Waals surface area contributed by atoms with Gasteiger partial charge in [-0.05, 0) is 24.3 Å². The van der Waals surface area contributed by atoms with E-state index in [9.17, 15) is 9.18 Å². The van der Waals surface area contributed by atoms with Crippen LogP contribution >= 0.6 is 11.6 Å². The normalized spacial score (nSPS) is 10.3. The third-order valence-corrected chi connectivity index (χ3v) is 3.30. The summed E-state index contributed by atoms with van der Waals surface area (Å²) in [6.45, 7) is 0.370. The molecule has 3 nitrogen and oxygen atoms in total. The smallest absolute Gasteiger partial charge is 0.337 e. The lowest BCUT2D eigenvalue weighted by Crippen LogP contribution is -2.17. The van der Waals surface area contributed by atoms with Crippen LogP contribution in [-0.4, -0.2) is 18.1 Å². The summed E-state index contributed by atoms with van der Waals surface area (Å²) in [6.07, 6.45) is 0. The molecule has 0 atom stereocenters. The van der Waals surface area contributed by atoms with Crippen LogP contribution in [0.5, 0.6) is 0 Å². The third kappa shape index (κ3) is 3.08. The average Bonchev–Trinajstić information content (AvgIpc) is 2.40. The van der Waals surface area contributed by atoms with E-state index in [1.807, 2.05) is 0 Å². The number of rotatable bonds is 4. The highest BCUT2D eigenvalue weighted by Crippen LogP contribution is 2.24. The summed E-state index contributed by atoms with van der Waals surface area (Å²) in [5.41, 5.74) is 1.34. The van der Waals surface area contributed by atoms with Crippen molar-refractivity contribution in [3.05, 3.63) is 64.4 Å². The van der Waals surface area contributed by atoms with Crippen LogP contribution in [0, 0.1) is 5.82 Å². The van der Waals surface area contributed by atoms with Crippen molar-refractivity contribution >= 4 is 23.3 Å². The second kappa shape index (κ2) is 5.92. The fourth-order valence-corrected chi connectivity index (χ4v) is 2.14. The van der Waals surface area contributed by atoms with Gasteiger partial charge >= 0.3 is 5.97 Å². The topological polar surface area (TPSA) is 40.5 Å². The van der Waals surface area contributed by atoms with Gasteiger partial charge in [0.25, 0.3) is 0 Å². The number of carboxylic acid groups (broad SMARTS) is 1. The molecule has 0 heterocycles. The van der Waals surface area contributed by atoms with Crippen LogP contribution in [0.25, 0.3) is 0 Å². The maximum absolute atomic E-state index is 13.6. The second-order valence-electron chi connectivity index (χ2n) is 4.42. The molecule has 0 unspecified atom stereocenters. The van der Waals surface area contributed by atoms with Crippen LogP contribution in [0.1, 0.15) is 15.9 Å². The van der Waals surface area contributed by atoms with Gasteiger partial charge in [0, 0.05) is 24.8 Å². The predicted octanol–water partition coefficient (Wildman–Crippen LogP) is 3.81. The van der Waals surface area contributed by atoms with E-state index in [0.717, 1.165) is 5.69 Å². The van der Waals surface area contributed by atoms with Crippen LogP contribution in [0.2, 0.25) is 5.02 Å². The molecule has 2 rings (SSSR count). The monoisotopic (exact) mass is 293 g/mol. The summed E-state index contributed by atoms with van der Waals surface area (Å²) in [4.78, 5) is 12.7. The van der Waals surface area contributed by atoms with Crippen molar-refractivity contribution in [1.82, 2.24) is 0 Å². The first-order chi connectivity index (χ1) is 9.49. The van der Waals surface area contributed by atoms with Gasteiger partial charge in [0.05, 0.1) is 10.6 Å². The number of aromatic carboxylic acids is 1. The molecule has 0 saturated heterocycles. The minimum absolute atomic E-state index is 0.0507. The summed E-state index contributed by atoms with van der Waals surface area (Å²) < 4.78 is 13.6. The van der Waals surface area contributed by atoms with E-state index in [-0.39, 0.29) is 16.4 Å². The minimum atomic E-state index is -1.07. The SMILES string of the molecule is CN(Cc1ccccc1F)c1ccc(C(=O)O)c(Cl)c1. The van der Waals surface area contributed by atoms with Gasteiger partial charge in [-0.1, -0.05) is 29.8 Å². The van der Waals surface area contributed by atoms with E-state index in [1.165, 1.54) is 12.1 Å². The highest BCUT2D eigenvalue weighted by atomic mass is 35.5. The van der Waals surface area contributed by atoms with Crippen molar-refractivity contribution in [2.75, 3.05) is 11.9 Å². The maximum Gasteiger partial charge on any atom is 0.337 e. The first-order valence-corrected chi connectivity index (χ1v) is 6.34. The zero-order valence-electron chi connectivity index (χ0n) is 10.8. The fourth-order valence-electron chi connectivity index (χ4n) is 1.89. The summed E-state index contributed by atoms with van der Waals surface area (Å²) in [6, 6.07) is 11.2. The lowest BCUT2D eigenvalue weighted by Gasteiger charge is -2.20. The molecule has 0 amide bonds. The van der Waals surface area contributed by atoms with Crippen molar-refractivity contribution in [1.29, 1.82) is 0 Å². The van der Waals surface area contributed by atoms with Crippen molar-refractivity contribution in [2.45, 2.75) is 6.54 Å². The minimum Gasteiger partial charge on any atom is -0.478 e. The standard InChI is InChI=1S/C15H13ClFNO2/c1-18(9-10-4-2-3-5-14(10)17)11-6-7-12(15(19)20)13(16)8-11/h2-8H,9H2,1H3,(H,19,20). The van der Waals surface area contributed by atoms with Crippen LogP contribution in [0.15, 0.2) is 42.5 Å². The zero-order valence-corrected chi connectivity index (χ0v) is 11.6. The van der Waals surface area contributed by atoms with Crippen molar-refractivity contribution < 1.29 is 14.3 Å². The van der Waals surface area contributed by atoms with Gasteiger partial charge in [-0.25, -0.2) is 9.18 Å². The molecule has 0 fully saturated rings. The fraction of sp³-hybridized carbons (Fsp3) is 0.133. The van der Waals surface area contributed by atoms with Gasteiger partial charge in [0.1, 0.15) is 5.82 Å². The second-order valence-corrected chi connectivity index (χ2v) is 4.82. The van der Waals surface area contributed by atoms with Crippen LogP contribution in [0.3, 0.4) is 0 Å². The largest absolute Gasteiger partial charge is 0.478 e. The van der Waals surface area contributed by atoms with Gasteiger partial charge in [-0.3, -0.25) is 0 Å². The number of nitrogens with zero attached hydrogens (tertiary/aromatic N) is 1. The van der Waals surface area contributed by atoms with E-state index in [0.29, 0.717) is 12.1 Å². The molecule has 2 aromatic carbocycles. The molecule has 0 radical (unpaired) electrons. The van der Waals surface area contributed by atoms with Gasteiger partial charge in [-0.15, -0.1) is 0 Å². The maximum atomic E-state index is 13.6. The lowest BCUT2D eigenvalue weighted by atomic mass is 10.1. The van der Waals surface area contributed by atoms with Crippen molar-refractivity contribution in [2.24, 2.45) is 0 Å². The first kappa shape index (κ1) is 14.3. The number of carboxylic acids is 1. The molecule has 104 valence electrons. The Bertz CT molecular complexity index is 646. The quantitative estimate of drug-likeness (QED) is 0.932. The average molecular weight is 294 g/mol. The molecule has 1 N–H and O–H groups in total. The van der Waals surface area contributed by atoms with Crippen LogP contribution < -0.4 is 4.90 Å². The Hall–Kier alpha value is -2.07. The number of hydrogen-bond acceptors (Lipinski definition) is 2. The Balaban J connectivity index is 2.22. The van der Waals surface area contributed by atoms with Crippen molar-refractivity contribution in [3.63, 3.8) is 0 Å². The molecule has 0 spiro atoms.